The molecule has 2 nitrogen and oxygen atoms in total. The molecule has 0 aliphatic heterocycles. The second-order valence-corrected chi connectivity index (χ2v) is 2.87. The zero-order valence-corrected chi connectivity index (χ0v) is 8.96. The van der Waals surface area contributed by atoms with Gasteiger partial charge in [0.05, 0.1) is 0 Å². The maximum atomic E-state index is 12.8. The van der Waals surface area contributed by atoms with E-state index in [1.165, 1.54) is 25.3 Å². The topological polar surface area (TPSA) is 29.5 Å². The van der Waals surface area contributed by atoms with Crippen molar-refractivity contribution in [3.63, 3.8) is 0 Å². The van der Waals surface area contributed by atoms with E-state index in [-0.39, 0.29) is 12.4 Å². The summed E-state index contributed by atoms with van der Waals surface area (Å²) in [7, 11) is 1.43. The number of halogens is 2. The molecule has 0 aliphatic rings. The van der Waals surface area contributed by atoms with E-state index in [4.69, 9.17) is 5.11 Å². The Balaban J connectivity index is 0.000000423. The molecule has 0 spiro atoms. The van der Waals surface area contributed by atoms with Crippen molar-refractivity contribution in [3.8, 4) is 0 Å². The predicted molar refractivity (Wildman–Crippen MR) is 54.4 cm³/mol. The van der Waals surface area contributed by atoms with Gasteiger partial charge in [0.15, 0.2) is 0 Å². The first-order valence-corrected chi connectivity index (χ1v) is 4.70. The molecule has 0 atom stereocenters. The van der Waals surface area contributed by atoms with Crippen molar-refractivity contribution in [2.45, 2.75) is 19.8 Å². The van der Waals surface area contributed by atoms with Gasteiger partial charge in [0.1, 0.15) is 18.4 Å². The van der Waals surface area contributed by atoms with Gasteiger partial charge in [0.2, 0.25) is 0 Å². The molecule has 0 fully saturated rings. The molecular formula is C11H16F2O2. The maximum absolute atomic E-state index is 12.8. The molecule has 1 aromatic carbocycles. The van der Waals surface area contributed by atoms with E-state index >= 15 is 0 Å². The van der Waals surface area contributed by atoms with E-state index in [1.807, 2.05) is 6.92 Å². The number of aliphatic hydroxyl groups is 1. The molecule has 0 unspecified atom stereocenters. The molecule has 86 valence electrons. The Morgan fingerprint density at radius 3 is 2.07 bits per heavy atom. The van der Waals surface area contributed by atoms with E-state index in [0.717, 1.165) is 6.42 Å². The molecule has 0 aliphatic carbocycles. The van der Waals surface area contributed by atoms with Crippen LogP contribution in [0.2, 0.25) is 0 Å². The number of hydrogen-bond donors (Lipinski definition) is 1. The summed E-state index contributed by atoms with van der Waals surface area (Å²) in [5, 5.41) is 7.65. The van der Waals surface area contributed by atoms with Crippen LogP contribution in [0.5, 0.6) is 0 Å². The lowest BCUT2D eigenvalue weighted by molar-refractivity contribution is 0.0325. The van der Waals surface area contributed by atoms with E-state index in [0.29, 0.717) is 6.42 Å². The minimum atomic E-state index is -0.438. The highest BCUT2D eigenvalue weighted by Crippen LogP contribution is 2.13. The maximum Gasteiger partial charge on any atom is 0.143 e. The molecule has 15 heavy (non-hydrogen) atoms. The zero-order chi connectivity index (χ0) is 11.7. The Labute approximate surface area is 88.5 Å². The predicted octanol–water partition coefficient (Wildman–Crippen LogP) is 2.50. The van der Waals surface area contributed by atoms with Crippen molar-refractivity contribution >= 4 is 0 Å². The molecule has 0 saturated heterocycles. The minimum Gasteiger partial charge on any atom is -0.371 e. The monoisotopic (exact) mass is 218 g/mol. The minimum absolute atomic E-state index is 0.181. The molecule has 1 rings (SSSR count). The van der Waals surface area contributed by atoms with Crippen LogP contribution in [0, 0.1) is 11.6 Å². The van der Waals surface area contributed by atoms with Gasteiger partial charge in [-0.1, -0.05) is 19.4 Å². The lowest BCUT2D eigenvalue weighted by Crippen LogP contribution is -1.93. The molecule has 0 amide bonds. The van der Waals surface area contributed by atoms with E-state index in [9.17, 15) is 8.78 Å². The van der Waals surface area contributed by atoms with Crippen LogP contribution in [0.3, 0.4) is 0 Å². The summed E-state index contributed by atoms with van der Waals surface area (Å²) in [6.07, 6.45) is 1.23. The first-order chi connectivity index (χ1) is 7.17. The first kappa shape index (κ1) is 14.0. The summed E-state index contributed by atoms with van der Waals surface area (Å²) in [6.45, 7) is 1.71. The molecule has 0 bridgehead atoms. The number of rotatable bonds is 3. The highest BCUT2D eigenvalue weighted by Gasteiger charge is 2.05. The third-order valence-electron chi connectivity index (χ3n) is 1.69. The fourth-order valence-corrected chi connectivity index (χ4v) is 1.02. The lowest BCUT2D eigenvalue weighted by atomic mass is 10.1. The smallest absolute Gasteiger partial charge is 0.143 e. The summed E-state index contributed by atoms with van der Waals surface area (Å²) >= 11 is 0. The van der Waals surface area contributed by atoms with Crippen molar-refractivity contribution < 1.29 is 18.6 Å². The summed E-state index contributed by atoms with van der Waals surface area (Å²) in [4.78, 5) is 0. The molecule has 0 aromatic heterocycles. The average Bonchev–Trinajstić information content (AvgIpc) is 2.24. The SMILES string of the molecule is CCCc1c(F)cccc1F.COCO. The average molecular weight is 218 g/mol. The quantitative estimate of drug-likeness (QED) is 0.790. The van der Waals surface area contributed by atoms with Gasteiger partial charge in [-0.2, -0.15) is 0 Å². The van der Waals surface area contributed by atoms with Crippen LogP contribution in [-0.2, 0) is 11.2 Å². The Morgan fingerprint density at radius 1 is 1.27 bits per heavy atom. The van der Waals surface area contributed by atoms with Crippen LogP contribution in [0.15, 0.2) is 18.2 Å². The van der Waals surface area contributed by atoms with Crippen molar-refractivity contribution in [1.82, 2.24) is 0 Å². The van der Waals surface area contributed by atoms with Crippen molar-refractivity contribution in [3.05, 3.63) is 35.4 Å². The van der Waals surface area contributed by atoms with Crippen LogP contribution in [0.25, 0.3) is 0 Å². The second-order valence-electron chi connectivity index (χ2n) is 2.87. The Morgan fingerprint density at radius 2 is 1.73 bits per heavy atom. The van der Waals surface area contributed by atoms with Gasteiger partial charge in [-0.15, -0.1) is 0 Å². The molecule has 1 N–H and O–H groups in total. The fourth-order valence-electron chi connectivity index (χ4n) is 1.02. The van der Waals surface area contributed by atoms with Gasteiger partial charge in [-0.05, 0) is 18.6 Å². The molecule has 0 heterocycles. The van der Waals surface area contributed by atoms with E-state index in [1.54, 1.807) is 0 Å². The number of hydrogen-bond acceptors (Lipinski definition) is 2. The van der Waals surface area contributed by atoms with Gasteiger partial charge < -0.3 is 9.84 Å². The largest absolute Gasteiger partial charge is 0.371 e. The van der Waals surface area contributed by atoms with Gasteiger partial charge >= 0.3 is 0 Å². The normalized spacial score (nSPS) is 9.40. The summed E-state index contributed by atoms with van der Waals surface area (Å²) < 4.78 is 29.7. The molecule has 4 heteroatoms. The van der Waals surface area contributed by atoms with Gasteiger partial charge in [0, 0.05) is 12.7 Å². The van der Waals surface area contributed by atoms with E-state index < -0.39 is 11.6 Å². The van der Waals surface area contributed by atoms with Gasteiger partial charge in [0.25, 0.3) is 0 Å². The van der Waals surface area contributed by atoms with Gasteiger partial charge in [-0.3, -0.25) is 0 Å². The Bertz CT molecular complexity index is 255. The first-order valence-electron chi connectivity index (χ1n) is 4.70. The number of ether oxygens (including phenoxy) is 1. The highest BCUT2D eigenvalue weighted by molar-refractivity contribution is 5.19. The standard InChI is InChI=1S/C9H10F2.C2H6O2/c1-2-4-7-8(10)5-3-6-9(7)11;1-4-2-3/h3,5-6H,2,4H2,1H3;3H,2H2,1H3. The molecular weight excluding hydrogens is 202 g/mol. The highest BCUT2D eigenvalue weighted by atomic mass is 19.1. The van der Waals surface area contributed by atoms with E-state index in [2.05, 4.69) is 4.74 Å². The Hall–Kier alpha value is -1.00. The number of aliphatic hydroxyl groups excluding tert-OH is 1. The van der Waals surface area contributed by atoms with Crippen LogP contribution < -0.4 is 0 Å². The third-order valence-corrected chi connectivity index (χ3v) is 1.69. The van der Waals surface area contributed by atoms with Crippen molar-refractivity contribution in [2.75, 3.05) is 13.9 Å². The third kappa shape index (κ3) is 5.44. The zero-order valence-electron chi connectivity index (χ0n) is 8.96. The summed E-state index contributed by atoms with van der Waals surface area (Å²) in [5.74, 6) is -0.876. The van der Waals surface area contributed by atoms with Crippen LogP contribution in [-0.4, -0.2) is 19.0 Å². The fraction of sp³-hybridized carbons (Fsp3) is 0.455. The molecule has 0 radical (unpaired) electrons. The number of benzene rings is 1. The summed E-state index contributed by atoms with van der Waals surface area (Å²) in [5.41, 5.74) is 0.204. The second kappa shape index (κ2) is 8.32. The van der Waals surface area contributed by atoms with Crippen LogP contribution >= 0.6 is 0 Å². The lowest BCUT2D eigenvalue weighted by Gasteiger charge is -2.00. The van der Waals surface area contributed by atoms with Crippen molar-refractivity contribution in [1.29, 1.82) is 0 Å². The number of methoxy groups -OCH3 is 1. The molecule has 0 saturated carbocycles. The molecule has 1 aromatic rings. The van der Waals surface area contributed by atoms with Crippen molar-refractivity contribution in [2.24, 2.45) is 0 Å². The Kier molecular flexibility index (Phi) is 7.77. The van der Waals surface area contributed by atoms with Crippen LogP contribution in [0.1, 0.15) is 18.9 Å². The summed E-state index contributed by atoms with van der Waals surface area (Å²) in [6, 6.07) is 3.95. The van der Waals surface area contributed by atoms with Crippen LogP contribution in [0.4, 0.5) is 8.78 Å². The van der Waals surface area contributed by atoms with Gasteiger partial charge in [-0.25, -0.2) is 8.78 Å².